The fraction of sp³-hybridized carbons (Fsp3) is 0.333. The quantitative estimate of drug-likeness (QED) is 0.623. The van der Waals surface area contributed by atoms with Gasteiger partial charge >= 0.3 is 0 Å². The molecular formula is C21H21Cl3N4O4S. The fourth-order valence-electron chi connectivity index (χ4n) is 4.31. The van der Waals surface area contributed by atoms with Gasteiger partial charge < -0.3 is 10.6 Å². The largest absolute Gasteiger partial charge is 0.339 e. The lowest BCUT2D eigenvalue weighted by molar-refractivity contribution is -0.163. The summed E-state index contributed by atoms with van der Waals surface area (Å²) < 4.78 is 28.1. The highest BCUT2D eigenvalue weighted by Crippen LogP contribution is 2.39. The maximum atomic E-state index is 14.0. The number of nitrogens with one attached hydrogen (secondary N) is 1. The highest BCUT2D eigenvalue weighted by atomic mass is 35.5. The van der Waals surface area contributed by atoms with Gasteiger partial charge in [0, 0.05) is 30.1 Å². The van der Waals surface area contributed by atoms with E-state index in [0.717, 1.165) is 4.90 Å². The monoisotopic (exact) mass is 530 g/mol. The Morgan fingerprint density at radius 1 is 1.06 bits per heavy atom. The van der Waals surface area contributed by atoms with E-state index >= 15 is 0 Å². The summed E-state index contributed by atoms with van der Waals surface area (Å²) in [4.78, 5) is 26.8. The minimum atomic E-state index is -4.34. The van der Waals surface area contributed by atoms with Crippen LogP contribution in [-0.4, -0.2) is 67.2 Å². The molecule has 0 saturated carbocycles. The van der Waals surface area contributed by atoms with Crippen molar-refractivity contribution in [2.24, 2.45) is 5.73 Å². The predicted molar refractivity (Wildman–Crippen MR) is 126 cm³/mol. The van der Waals surface area contributed by atoms with E-state index in [-0.39, 0.29) is 34.5 Å². The van der Waals surface area contributed by atoms with Crippen LogP contribution in [0.5, 0.6) is 0 Å². The molecule has 2 aromatic carbocycles. The van der Waals surface area contributed by atoms with Crippen molar-refractivity contribution in [3.63, 3.8) is 0 Å². The number of carbonyl (C=O) groups excluding carboxylic acids is 2. The first kappa shape index (κ1) is 24.3. The summed E-state index contributed by atoms with van der Waals surface area (Å²) in [5.74, 6) is -1.04. The molecule has 2 fully saturated rings. The molecule has 2 aliphatic rings. The second kappa shape index (κ2) is 8.72. The van der Waals surface area contributed by atoms with Crippen molar-refractivity contribution in [2.75, 3.05) is 20.1 Å². The standard InChI is InChI=1S/C21H21Cl3N4O4S/c1-27-11-21(33(31,32)18-7-6-14(23)9-15(18)24)26-10-16(25)19(29)28(21)17(20(27)30)8-12-2-4-13(22)5-3-12/h2-7,9,16-17,26H,8,10-11,25H2,1H3. The normalized spacial score (nSPS) is 25.8. The summed E-state index contributed by atoms with van der Waals surface area (Å²) in [5, 5.41) is 3.64. The smallest absolute Gasteiger partial charge is 0.245 e. The van der Waals surface area contributed by atoms with Gasteiger partial charge in [-0.1, -0.05) is 46.9 Å². The third-order valence-corrected chi connectivity index (χ3v) is 9.14. The molecule has 2 aliphatic heterocycles. The van der Waals surface area contributed by atoms with E-state index in [1.807, 2.05) is 0 Å². The summed E-state index contributed by atoms with van der Waals surface area (Å²) >= 11 is 18.2. The van der Waals surface area contributed by atoms with Crippen LogP contribution >= 0.6 is 34.8 Å². The van der Waals surface area contributed by atoms with Gasteiger partial charge in [0.2, 0.25) is 26.6 Å². The number of fused-ring (bicyclic) bond motifs is 1. The molecule has 33 heavy (non-hydrogen) atoms. The van der Waals surface area contributed by atoms with E-state index in [4.69, 9.17) is 40.5 Å². The number of carbonyl (C=O) groups is 2. The number of hydrogen-bond donors (Lipinski definition) is 2. The molecule has 3 unspecified atom stereocenters. The highest BCUT2D eigenvalue weighted by molar-refractivity contribution is 7.93. The van der Waals surface area contributed by atoms with E-state index in [0.29, 0.717) is 10.6 Å². The zero-order valence-electron chi connectivity index (χ0n) is 17.5. The topological polar surface area (TPSA) is 113 Å². The molecule has 3 N–H and O–H groups in total. The Morgan fingerprint density at radius 3 is 2.33 bits per heavy atom. The van der Waals surface area contributed by atoms with Crippen molar-refractivity contribution < 1.29 is 18.0 Å². The zero-order valence-corrected chi connectivity index (χ0v) is 20.5. The van der Waals surface area contributed by atoms with Crippen LogP contribution in [0, 0.1) is 0 Å². The predicted octanol–water partition coefficient (Wildman–Crippen LogP) is 1.92. The molecule has 0 bridgehead atoms. The lowest BCUT2D eigenvalue weighted by atomic mass is 9.97. The van der Waals surface area contributed by atoms with Gasteiger partial charge in [-0.15, -0.1) is 0 Å². The first-order valence-electron chi connectivity index (χ1n) is 10.0. The van der Waals surface area contributed by atoms with Crippen LogP contribution in [0.25, 0.3) is 0 Å². The van der Waals surface area contributed by atoms with Crippen molar-refractivity contribution in [3.8, 4) is 0 Å². The third-order valence-electron chi connectivity index (χ3n) is 5.94. The van der Waals surface area contributed by atoms with Crippen LogP contribution in [0.3, 0.4) is 0 Å². The molecule has 0 aromatic heterocycles. The van der Waals surface area contributed by atoms with Crippen LogP contribution in [-0.2, 0) is 25.8 Å². The second-order valence-electron chi connectivity index (χ2n) is 8.10. The van der Waals surface area contributed by atoms with E-state index in [2.05, 4.69) is 5.32 Å². The van der Waals surface area contributed by atoms with Gasteiger partial charge in [-0.3, -0.25) is 19.8 Å². The Hall–Kier alpha value is -1.88. The van der Waals surface area contributed by atoms with Gasteiger partial charge in [-0.2, -0.15) is 0 Å². The van der Waals surface area contributed by atoms with Gasteiger partial charge in [-0.25, -0.2) is 8.42 Å². The lowest BCUT2D eigenvalue weighted by Crippen LogP contribution is -2.82. The lowest BCUT2D eigenvalue weighted by Gasteiger charge is -2.55. The number of hydrogen-bond acceptors (Lipinski definition) is 6. The Bertz CT molecular complexity index is 1220. The van der Waals surface area contributed by atoms with Crippen molar-refractivity contribution in [1.82, 2.24) is 15.1 Å². The van der Waals surface area contributed by atoms with Crippen LogP contribution in [0.1, 0.15) is 5.56 Å². The Balaban J connectivity index is 1.88. The van der Waals surface area contributed by atoms with Crippen LogP contribution in [0.2, 0.25) is 15.1 Å². The summed E-state index contributed by atoms with van der Waals surface area (Å²) in [6.45, 7) is -0.391. The summed E-state index contributed by atoms with van der Waals surface area (Å²) in [5.41, 5.74) is 6.70. The SMILES string of the molecule is CN1CC2(S(=O)(=O)c3ccc(Cl)cc3Cl)NCC(N)C(=O)N2C(Cc2ccc(Cl)cc2)C1=O. The molecular weight excluding hydrogens is 511 g/mol. The number of likely N-dealkylation sites (N-methyl/N-ethyl adjacent to an activating group) is 1. The number of halogens is 3. The average molecular weight is 532 g/mol. The second-order valence-corrected chi connectivity index (χ2v) is 11.5. The maximum Gasteiger partial charge on any atom is 0.245 e. The van der Waals surface area contributed by atoms with Crippen molar-refractivity contribution in [3.05, 3.63) is 63.1 Å². The van der Waals surface area contributed by atoms with Gasteiger partial charge in [-0.05, 0) is 35.9 Å². The molecule has 12 heteroatoms. The van der Waals surface area contributed by atoms with Crippen LogP contribution in [0.4, 0.5) is 0 Å². The number of nitrogens with zero attached hydrogens (tertiary/aromatic N) is 2. The first-order chi connectivity index (χ1) is 15.5. The number of benzene rings is 2. The number of rotatable bonds is 4. The molecule has 2 heterocycles. The van der Waals surface area contributed by atoms with Crippen molar-refractivity contribution >= 4 is 56.5 Å². The first-order valence-corrected chi connectivity index (χ1v) is 12.6. The number of nitrogens with two attached hydrogens (primary N) is 1. The number of amides is 2. The fourth-order valence-corrected chi connectivity index (χ4v) is 7.19. The van der Waals surface area contributed by atoms with Crippen molar-refractivity contribution in [1.29, 1.82) is 0 Å². The highest BCUT2D eigenvalue weighted by Gasteiger charge is 2.62. The molecule has 4 rings (SSSR count). The van der Waals surface area contributed by atoms with Crippen LogP contribution < -0.4 is 11.1 Å². The molecule has 0 aliphatic carbocycles. The van der Waals surface area contributed by atoms with E-state index in [1.54, 1.807) is 24.3 Å². The maximum absolute atomic E-state index is 14.0. The van der Waals surface area contributed by atoms with E-state index in [1.165, 1.54) is 30.1 Å². The average Bonchev–Trinajstić information content (AvgIpc) is 2.75. The Labute approximate surface area is 206 Å². The van der Waals surface area contributed by atoms with Gasteiger partial charge in [0.05, 0.1) is 22.5 Å². The molecule has 3 atom stereocenters. The van der Waals surface area contributed by atoms with Gasteiger partial charge in [0.25, 0.3) is 0 Å². The summed E-state index contributed by atoms with van der Waals surface area (Å²) in [7, 11) is -2.85. The molecule has 176 valence electrons. The van der Waals surface area contributed by atoms with Gasteiger partial charge in [0.15, 0.2) is 0 Å². The Kier molecular flexibility index (Phi) is 6.41. The molecule has 2 amide bonds. The number of piperazine rings is 1. The molecule has 8 nitrogen and oxygen atoms in total. The molecule has 0 spiro atoms. The minimum absolute atomic E-state index is 0.0755. The molecule has 2 aromatic rings. The van der Waals surface area contributed by atoms with Crippen molar-refractivity contribution in [2.45, 2.75) is 28.4 Å². The zero-order chi connectivity index (χ0) is 24.1. The summed E-state index contributed by atoms with van der Waals surface area (Å²) in [6.07, 6.45) is 0.0755. The van der Waals surface area contributed by atoms with E-state index < -0.39 is 38.7 Å². The molecule has 2 saturated heterocycles. The van der Waals surface area contributed by atoms with Crippen LogP contribution in [0.15, 0.2) is 47.4 Å². The summed E-state index contributed by atoms with van der Waals surface area (Å²) in [6, 6.07) is 8.64. The van der Waals surface area contributed by atoms with E-state index in [9.17, 15) is 18.0 Å². The third kappa shape index (κ3) is 4.00. The molecule has 0 radical (unpaired) electrons. The Morgan fingerprint density at radius 2 is 1.70 bits per heavy atom. The van der Waals surface area contributed by atoms with Gasteiger partial charge in [0.1, 0.15) is 6.04 Å². The minimum Gasteiger partial charge on any atom is -0.339 e. The number of sulfone groups is 1.